The van der Waals surface area contributed by atoms with Gasteiger partial charge in [-0.2, -0.15) is 15.5 Å². The number of primary amides is 1. The van der Waals surface area contributed by atoms with Crippen molar-refractivity contribution in [1.29, 1.82) is 0 Å². The van der Waals surface area contributed by atoms with Crippen LogP contribution in [0.5, 0.6) is 0 Å². The highest BCUT2D eigenvalue weighted by Crippen LogP contribution is 1.79. The van der Waals surface area contributed by atoms with Gasteiger partial charge in [0, 0.05) is 46.4 Å². The van der Waals surface area contributed by atoms with Crippen LogP contribution in [0.25, 0.3) is 0 Å². The van der Waals surface area contributed by atoms with Gasteiger partial charge in [0.05, 0.1) is 6.54 Å². The molecule has 0 saturated carbocycles. The van der Waals surface area contributed by atoms with Crippen molar-refractivity contribution in [2.75, 3.05) is 27.7 Å². The summed E-state index contributed by atoms with van der Waals surface area (Å²) in [5, 5.41) is 64.2. The van der Waals surface area contributed by atoms with E-state index in [0.29, 0.717) is 12.2 Å². The second-order valence-electron chi connectivity index (χ2n) is 6.75. The standard InChI is InChI=1S/C3H6N4.2C3H8N2O.C2H4N4.C2H7N3.2C2H6N2O.C2H6N2.C2H5NO.10CH4/c1-2-3-4-6-7-5-3;1-5-3(6)2-4;1-2-3(4)5-6;1-2-3-5-6-4-2;1-5-2(3)4;1-4-2(3)5;1-2(3)4-5;1-2-4-3;1-2-3-4;;;;;;;;;;/h2H2,1H3,(H,4,5,6,7);2,4H2,1H3,(H,5,6);6H,2H2,1H3,(H2,4,5);1H3,(H,3,4,5,6);1H3,(H4,3,4,5);1H3,(H3,3,4,5);5H,1H3,(H2,3,4);2H,3H2,1H3;2,4H,1H3;10*1H4/b;;;;;;;;3-2+;;;;;;;;;;. The van der Waals surface area contributed by atoms with Gasteiger partial charge in [0.1, 0.15) is 11.7 Å². The number of rotatable bonds is 3. The topological polar surface area (TPSA) is 472 Å². The molecule has 0 spiro atoms. The highest BCUT2D eigenvalue weighted by molar-refractivity contribution is 5.79. The number of H-pyrrole nitrogens is 2. The van der Waals surface area contributed by atoms with Gasteiger partial charge in [-0.3, -0.25) is 9.79 Å². The Morgan fingerprint density at radius 3 is 1.16 bits per heavy atom. The van der Waals surface area contributed by atoms with Crippen molar-refractivity contribution in [3.63, 3.8) is 0 Å². The first-order chi connectivity index (χ1) is 22.6. The number of guanidine groups is 1. The molecule has 2 rings (SSSR count). The Balaban J connectivity index is -0.0000000214. The third-order valence-electron chi connectivity index (χ3n) is 3.04. The maximum atomic E-state index is 9.94. The number of carbonyl (C=O) groups is 2. The molecule has 0 aromatic carbocycles. The van der Waals surface area contributed by atoms with E-state index in [9.17, 15) is 9.59 Å². The summed E-state index contributed by atoms with van der Waals surface area (Å²) in [6.45, 7) is 10.5. The maximum absolute atomic E-state index is 9.94. The number of nitrogens with two attached hydrogens (primary N) is 7. The molecular weight excluding hydrogens is 760 g/mol. The zero-order valence-electron chi connectivity index (χ0n) is 28.9. The van der Waals surface area contributed by atoms with Crippen LogP contribution in [0.3, 0.4) is 0 Å². The van der Waals surface area contributed by atoms with E-state index in [1.807, 2.05) is 13.8 Å². The molecule has 2 heterocycles. The molecule has 27 heteroatoms. The van der Waals surface area contributed by atoms with E-state index in [0.717, 1.165) is 12.2 Å². The quantitative estimate of drug-likeness (QED) is 0.0693. The Bertz CT molecular complexity index is 1010. The van der Waals surface area contributed by atoms with E-state index < -0.39 is 6.03 Å². The molecule has 2 aromatic rings. The average molecular weight is 857 g/mol. The Labute approximate surface area is 352 Å². The number of aromatic nitrogens is 8. The number of amidine groups is 2. The van der Waals surface area contributed by atoms with Crippen molar-refractivity contribution in [2.45, 2.75) is 129 Å². The number of urea groups is 1. The fourth-order valence-electron chi connectivity index (χ4n) is 0.717. The van der Waals surface area contributed by atoms with Crippen molar-refractivity contribution in [3.05, 3.63) is 11.6 Å². The largest absolute Gasteiger partial charge is 0.411 e. The highest BCUT2D eigenvalue weighted by atomic mass is 16.4. The molecule has 27 nitrogen and oxygen atoms in total. The number of hydrazone groups is 1. The van der Waals surface area contributed by atoms with Gasteiger partial charge in [-0.05, 0) is 27.7 Å². The van der Waals surface area contributed by atoms with Crippen LogP contribution in [-0.4, -0.2) is 127 Å². The minimum Gasteiger partial charge on any atom is -0.411 e. The van der Waals surface area contributed by atoms with Crippen LogP contribution in [-0.2, 0) is 11.2 Å². The van der Waals surface area contributed by atoms with Gasteiger partial charge in [0.15, 0.2) is 17.6 Å². The lowest BCUT2D eigenvalue weighted by atomic mass is 10.5. The van der Waals surface area contributed by atoms with Crippen molar-refractivity contribution >= 4 is 42.0 Å². The molecule has 3 amide bonds. The van der Waals surface area contributed by atoms with Crippen molar-refractivity contribution < 1.29 is 25.2 Å². The first kappa shape index (κ1) is 110. The summed E-state index contributed by atoms with van der Waals surface area (Å²) in [4.78, 5) is 22.8. The van der Waals surface area contributed by atoms with Gasteiger partial charge in [-0.15, -0.1) is 25.6 Å². The fourth-order valence-corrected chi connectivity index (χ4v) is 0.717. The number of hydrogen-bond donors (Lipinski definition) is 14. The molecule has 0 aliphatic carbocycles. The number of carbonyl (C=O) groups excluding carboxylic acids is 2. The number of tetrazole rings is 2. The smallest absolute Gasteiger partial charge is 0.311 e. The molecule has 0 fully saturated rings. The zero-order chi connectivity index (χ0) is 39.2. The first-order valence-corrected chi connectivity index (χ1v) is 13.1. The Morgan fingerprint density at radius 2 is 1.10 bits per heavy atom. The number of likely N-dealkylation sites (N-methyl/N-ethyl adjacent to an activating group) is 1. The lowest BCUT2D eigenvalue weighted by Gasteiger charge is -1.87. The van der Waals surface area contributed by atoms with Crippen LogP contribution < -0.4 is 50.9 Å². The normalized spacial score (nSPS) is 7.48. The van der Waals surface area contributed by atoms with Crippen LogP contribution >= 0.6 is 0 Å². The molecule has 0 saturated heterocycles. The summed E-state index contributed by atoms with van der Waals surface area (Å²) >= 11 is 0. The Kier molecular flexibility index (Phi) is 198. The molecule has 0 aliphatic heterocycles. The number of aryl methyl sites for hydroxylation is 2. The number of amides is 3. The number of aromatic amines is 2. The maximum Gasteiger partial charge on any atom is 0.311 e. The summed E-state index contributed by atoms with van der Waals surface area (Å²) in [6, 6.07) is -0.495. The molecule has 0 unspecified atom stereocenters. The molecule has 0 aliphatic rings. The van der Waals surface area contributed by atoms with E-state index in [4.69, 9.17) is 44.3 Å². The van der Waals surface area contributed by atoms with Gasteiger partial charge < -0.3 is 66.5 Å². The van der Waals surface area contributed by atoms with Crippen LogP contribution in [0, 0.1) is 6.92 Å². The minimum absolute atomic E-state index is 0. The van der Waals surface area contributed by atoms with Crippen LogP contribution in [0.2, 0.25) is 0 Å². The van der Waals surface area contributed by atoms with Crippen LogP contribution in [0.1, 0.15) is 127 Å². The SMILES string of the molecule is C.C.C.C.C.C.C.C.C.C.C/C(N)=N/O.C/C=N/O.CC/C(N)=N/O.CC=NN.CCc1nn[nH]n1.CN=C(N)N.CNC(=O)CN.CNC(N)=O.Cc1nn[nH]n1. The molecule has 360 valence electrons. The molecule has 2 aromatic heterocycles. The number of aliphatic imine (C=N–C) groups is 1. The zero-order valence-corrected chi connectivity index (χ0v) is 28.9. The molecule has 0 atom stereocenters. The second-order valence-corrected chi connectivity index (χ2v) is 6.75. The third kappa shape index (κ3) is 179. The van der Waals surface area contributed by atoms with Crippen LogP contribution in [0.4, 0.5) is 4.79 Å². The Morgan fingerprint density at radius 1 is 0.759 bits per heavy atom. The second kappa shape index (κ2) is 104. The third-order valence-corrected chi connectivity index (χ3v) is 3.04. The van der Waals surface area contributed by atoms with Gasteiger partial charge in [-0.1, -0.05) is 109 Å². The van der Waals surface area contributed by atoms with Gasteiger partial charge in [0.25, 0.3) is 0 Å². The predicted molar refractivity (Wildman–Crippen MR) is 250 cm³/mol. The monoisotopic (exact) mass is 857 g/mol. The summed E-state index contributed by atoms with van der Waals surface area (Å²) in [6.07, 6.45) is 4.28. The summed E-state index contributed by atoms with van der Waals surface area (Å²) in [7, 11) is 4.56. The van der Waals surface area contributed by atoms with E-state index in [2.05, 4.69) is 89.0 Å². The van der Waals surface area contributed by atoms with Crippen molar-refractivity contribution in [3.8, 4) is 0 Å². The lowest BCUT2D eigenvalue weighted by molar-refractivity contribution is -0.119. The number of hydrogen-bond acceptors (Lipinski definition) is 18. The summed E-state index contributed by atoms with van der Waals surface area (Å²) in [5.41, 5.74) is 28.8. The fraction of sp³-hybridized carbons (Fsp3) is 0.710. The Hall–Kier alpha value is -6.41. The number of oxime groups is 3. The van der Waals surface area contributed by atoms with Gasteiger partial charge >= 0.3 is 6.03 Å². The van der Waals surface area contributed by atoms with E-state index in [1.54, 1.807) is 27.8 Å². The minimum atomic E-state index is -0.495. The average Bonchev–Trinajstić information content (AvgIpc) is 3.83. The van der Waals surface area contributed by atoms with Crippen LogP contribution in [0.15, 0.2) is 25.6 Å². The molecular formula is C31H96N22O5. The molecule has 58 heavy (non-hydrogen) atoms. The molecule has 21 N–H and O–H groups in total. The van der Waals surface area contributed by atoms with Gasteiger partial charge in [0.2, 0.25) is 5.91 Å². The van der Waals surface area contributed by atoms with E-state index in [-0.39, 0.29) is 104 Å². The highest BCUT2D eigenvalue weighted by Gasteiger charge is 1.87. The van der Waals surface area contributed by atoms with Crippen molar-refractivity contribution in [1.82, 2.24) is 51.9 Å². The lowest BCUT2D eigenvalue weighted by Crippen LogP contribution is -2.26. The van der Waals surface area contributed by atoms with E-state index >= 15 is 0 Å². The first-order valence-electron chi connectivity index (χ1n) is 13.1. The molecule has 0 bridgehead atoms. The summed E-state index contributed by atoms with van der Waals surface area (Å²) in [5.74, 6) is 6.50. The van der Waals surface area contributed by atoms with Gasteiger partial charge in [-0.25, -0.2) is 4.79 Å². The number of nitrogens with one attached hydrogen (secondary N) is 4. The number of nitrogens with zero attached hydrogens (tertiary/aromatic N) is 11. The molecule has 0 radical (unpaired) electrons. The predicted octanol–water partition coefficient (Wildman–Crippen LogP) is 2.81. The van der Waals surface area contributed by atoms with E-state index in [1.165, 1.54) is 33.4 Å². The summed E-state index contributed by atoms with van der Waals surface area (Å²) < 4.78 is 0. The van der Waals surface area contributed by atoms with Crippen molar-refractivity contribution in [2.24, 2.45) is 65.8 Å².